The smallest absolute Gasteiger partial charge is 0.263 e. The molecule has 0 aliphatic carbocycles. The molecule has 2 unspecified atom stereocenters. The fraction of sp³-hybridized carbons (Fsp3) is 0.417. The molecule has 0 spiro atoms. The van der Waals surface area contributed by atoms with Gasteiger partial charge in [-0.3, -0.25) is 4.79 Å². The molecule has 6 nitrogen and oxygen atoms in total. The Morgan fingerprint density at radius 3 is 3.11 bits per heavy atom. The van der Waals surface area contributed by atoms with Crippen molar-refractivity contribution in [3.05, 3.63) is 24.3 Å². The molecule has 0 fully saturated rings. The first-order valence-corrected chi connectivity index (χ1v) is 5.77. The van der Waals surface area contributed by atoms with Gasteiger partial charge in [-0.2, -0.15) is 0 Å². The second kappa shape index (κ2) is 5.70. The molecule has 0 aromatic heterocycles. The number of rotatable bonds is 4. The topological polar surface area (TPSA) is 90.8 Å². The molecule has 2 rings (SSSR count). The van der Waals surface area contributed by atoms with Crippen molar-refractivity contribution >= 4 is 11.6 Å². The van der Waals surface area contributed by atoms with Gasteiger partial charge in [-0.15, -0.1) is 0 Å². The summed E-state index contributed by atoms with van der Waals surface area (Å²) in [6.45, 7) is 0.00178. The number of hydrogen-bond donors (Lipinski definition) is 4. The van der Waals surface area contributed by atoms with Crippen molar-refractivity contribution in [3.8, 4) is 5.75 Å². The lowest BCUT2D eigenvalue weighted by molar-refractivity contribution is -0.128. The second-order valence-corrected chi connectivity index (χ2v) is 4.07. The summed E-state index contributed by atoms with van der Waals surface area (Å²) >= 11 is 0. The normalized spacial score (nSPS) is 19.1. The lowest BCUT2D eigenvalue weighted by Gasteiger charge is -2.26. The zero-order valence-electron chi connectivity index (χ0n) is 9.80. The maximum atomic E-state index is 11.8. The molecule has 0 saturated heterocycles. The number of benzene rings is 1. The first-order valence-electron chi connectivity index (χ1n) is 5.77. The number of hydrogen-bond acceptors (Lipinski definition) is 5. The summed E-state index contributed by atoms with van der Waals surface area (Å²) in [5, 5.41) is 23.4. The number of anilines is 1. The Bertz CT molecular complexity index is 424. The van der Waals surface area contributed by atoms with E-state index in [0.717, 1.165) is 5.69 Å². The fourth-order valence-electron chi connectivity index (χ4n) is 1.66. The van der Waals surface area contributed by atoms with Gasteiger partial charge in [0.1, 0.15) is 5.75 Å². The Kier molecular flexibility index (Phi) is 4.01. The van der Waals surface area contributed by atoms with E-state index in [1.54, 1.807) is 6.07 Å². The molecule has 1 aliphatic heterocycles. The summed E-state index contributed by atoms with van der Waals surface area (Å²) in [6.07, 6.45) is -1.58. The number of ether oxygens (including phenoxy) is 1. The zero-order valence-corrected chi connectivity index (χ0v) is 9.80. The zero-order chi connectivity index (χ0) is 13.0. The number of amides is 1. The first-order chi connectivity index (χ1) is 8.70. The predicted octanol–water partition coefficient (Wildman–Crippen LogP) is -0.671. The summed E-state index contributed by atoms with van der Waals surface area (Å²) in [7, 11) is 0. The molecule has 1 amide bonds. The van der Waals surface area contributed by atoms with E-state index in [9.17, 15) is 4.79 Å². The number of carbonyl (C=O) groups is 1. The van der Waals surface area contributed by atoms with Gasteiger partial charge in [-0.05, 0) is 12.1 Å². The van der Waals surface area contributed by atoms with Crippen LogP contribution in [0.3, 0.4) is 0 Å². The Hall–Kier alpha value is -1.79. The van der Waals surface area contributed by atoms with E-state index in [0.29, 0.717) is 12.3 Å². The third-order valence-electron chi connectivity index (χ3n) is 2.65. The Morgan fingerprint density at radius 2 is 2.33 bits per heavy atom. The summed E-state index contributed by atoms with van der Waals surface area (Å²) in [5.74, 6) is 0.316. The van der Waals surface area contributed by atoms with Crippen molar-refractivity contribution in [1.82, 2.24) is 5.32 Å². The van der Waals surface area contributed by atoms with Crippen molar-refractivity contribution in [1.29, 1.82) is 0 Å². The largest absolute Gasteiger partial charge is 0.477 e. The highest BCUT2D eigenvalue weighted by Crippen LogP contribution is 2.27. The third kappa shape index (κ3) is 2.91. The van der Waals surface area contributed by atoms with Crippen molar-refractivity contribution in [2.24, 2.45) is 0 Å². The lowest BCUT2D eigenvalue weighted by Crippen LogP contribution is -2.47. The van der Waals surface area contributed by atoms with Crippen molar-refractivity contribution in [2.45, 2.75) is 12.2 Å². The summed E-state index contributed by atoms with van der Waals surface area (Å²) in [4.78, 5) is 11.8. The van der Waals surface area contributed by atoms with Gasteiger partial charge in [-0.25, -0.2) is 0 Å². The molecule has 0 saturated carbocycles. The number of aliphatic hydroxyl groups is 2. The van der Waals surface area contributed by atoms with Crippen molar-refractivity contribution in [2.75, 3.05) is 25.0 Å². The van der Waals surface area contributed by atoms with Gasteiger partial charge in [0.2, 0.25) is 0 Å². The molecule has 0 bridgehead atoms. The van der Waals surface area contributed by atoms with Gasteiger partial charge >= 0.3 is 0 Å². The molecular weight excluding hydrogens is 236 g/mol. The van der Waals surface area contributed by atoms with Crippen LogP contribution in [0, 0.1) is 0 Å². The number of nitrogens with one attached hydrogen (secondary N) is 2. The van der Waals surface area contributed by atoms with E-state index in [1.165, 1.54) is 0 Å². The van der Waals surface area contributed by atoms with E-state index in [2.05, 4.69) is 10.6 Å². The van der Waals surface area contributed by atoms with Crippen LogP contribution in [-0.2, 0) is 4.79 Å². The van der Waals surface area contributed by atoms with Crippen LogP contribution in [0.5, 0.6) is 5.75 Å². The van der Waals surface area contributed by atoms with Crippen LogP contribution in [0.15, 0.2) is 24.3 Å². The maximum absolute atomic E-state index is 11.8. The lowest BCUT2D eigenvalue weighted by atomic mass is 10.2. The summed E-state index contributed by atoms with van der Waals surface area (Å²) < 4.78 is 5.54. The molecule has 4 N–H and O–H groups in total. The van der Waals surface area contributed by atoms with Gasteiger partial charge in [0.05, 0.1) is 24.9 Å². The van der Waals surface area contributed by atoms with Crippen LogP contribution in [-0.4, -0.2) is 48.0 Å². The number of para-hydroxylation sites is 2. The van der Waals surface area contributed by atoms with Gasteiger partial charge < -0.3 is 25.6 Å². The molecule has 1 aromatic carbocycles. The molecule has 18 heavy (non-hydrogen) atoms. The monoisotopic (exact) mass is 252 g/mol. The van der Waals surface area contributed by atoms with Gasteiger partial charge in [0.15, 0.2) is 6.10 Å². The molecule has 0 radical (unpaired) electrons. The minimum atomic E-state index is -0.946. The first kappa shape index (κ1) is 12.7. The van der Waals surface area contributed by atoms with E-state index >= 15 is 0 Å². The highest BCUT2D eigenvalue weighted by atomic mass is 16.5. The molecule has 1 aromatic rings. The second-order valence-electron chi connectivity index (χ2n) is 4.07. The van der Waals surface area contributed by atoms with Crippen LogP contribution in [0.4, 0.5) is 5.69 Å². The Balaban J connectivity index is 1.90. The van der Waals surface area contributed by atoms with Crippen LogP contribution < -0.4 is 15.4 Å². The van der Waals surface area contributed by atoms with Gasteiger partial charge in [-0.1, -0.05) is 12.1 Å². The number of aliphatic hydroxyl groups excluding tert-OH is 2. The van der Waals surface area contributed by atoms with Crippen molar-refractivity contribution < 1.29 is 19.7 Å². The van der Waals surface area contributed by atoms with Gasteiger partial charge in [0, 0.05) is 6.54 Å². The molecule has 1 heterocycles. The average Bonchev–Trinajstić information content (AvgIpc) is 2.43. The average molecular weight is 252 g/mol. The minimum absolute atomic E-state index is 0.0108. The molecule has 6 heteroatoms. The Morgan fingerprint density at radius 1 is 1.56 bits per heavy atom. The third-order valence-corrected chi connectivity index (χ3v) is 2.65. The van der Waals surface area contributed by atoms with E-state index in [1.807, 2.05) is 18.2 Å². The van der Waals surface area contributed by atoms with Crippen LogP contribution in [0.25, 0.3) is 0 Å². The molecular formula is C12H16N2O4. The van der Waals surface area contributed by atoms with E-state index < -0.39 is 12.2 Å². The fourth-order valence-corrected chi connectivity index (χ4v) is 1.66. The number of fused-ring (bicyclic) bond motifs is 1. The van der Waals surface area contributed by atoms with Crippen molar-refractivity contribution in [3.63, 3.8) is 0 Å². The quantitative estimate of drug-likeness (QED) is 0.570. The van der Waals surface area contributed by atoms with Crippen LogP contribution in [0.2, 0.25) is 0 Å². The van der Waals surface area contributed by atoms with E-state index in [4.69, 9.17) is 14.9 Å². The van der Waals surface area contributed by atoms with Crippen LogP contribution >= 0.6 is 0 Å². The van der Waals surface area contributed by atoms with Gasteiger partial charge in [0.25, 0.3) is 5.91 Å². The Labute approximate surface area is 105 Å². The highest BCUT2D eigenvalue weighted by molar-refractivity contribution is 5.83. The minimum Gasteiger partial charge on any atom is -0.477 e. The van der Waals surface area contributed by atoms with E-state index in [-0.39, 0.29) is 19.1 Å². The maximum Gasteiger partial charge on any atom is 0.263 e. The SMILES string of the molecule is O=C(NCC(O)CO)C1CNc2ccccc2O1. The molecule has 1 aliphatic rings. The summed E-state index contributed by atoms with van der Waals surface area (Å²) in [5.41, 5.74) is 0.858. The number of carbonyl (C=O) groups excluding carboxylic acids is 1. The predicted molar refractivity (Wildman–Crippen MR) is 65.5 cm³/mol. The highest BCUT2D eigenvalue weighted by Gasteiger charge is 2.25. The molecule has 98 valence electrons. The standard InChI is InChI=1S/C12H16N2O4/c15-7-8(16)5-14-12(17)11-6-13-9-3-1-2-4-10(9)18-11/h1-4,8,11,13,15-16H,5-7H2,(H,14,17). The van der Waals surface area contributed by atoms with Crippen LogP contribution in [0.1, 0.15) is 0 Å². The summed E-state index contributed by atoms with van der Waals surface area (Å²) in [6, 6.07) is 7.37. The molecule has 2 atom stereocenters.